The number of allylic oxidation sites excluding steroid dienone is 1. The highest BCUT2D eigenvalue weighted by atomic mass is 35.5. The average molecular weight is 656 g/mol. The van der Waals surface area contributed by atoms with Crippen LogP contribution in [0.25, 0.3) is 0 Å². The number of hydrogen-bond donors (Lipinski definition) is 0. The Hall–Kier alpha value is -2.84. The fourth-order valence-electron chi connectivity index (χ4n) is 6.70. The molecule has 1 amide bonds. The molecule has 0 N–H and O–H groups in total. The number of methoxy groups -OCH3 is 1. The van der Waals surface area contributed by atoms with E-state index in [-0.39, 0.29) is 42.9 Å². The van der Waals surface area contributed by atoms with E-state index in [0.717, 1.165) is 29.5 Å². The van der Waals surface area contributed by atoms with Crippen LogP contribution in [0.1, 0.15) is 61.3 Å². The van der Waals surface area contributed by atoms with Crippen molar-refractivity contribution in [2.75, 3.05) is 19.9 Å². The highest BCUT2D eigenvalue weighted by molar-refractivity contribution is 7.88. The smallest absolute Gasteiger partial charge is 0.229 e. The molecule has 1 aliphatic carbocycles. The van der Waals surface area contributed by atoms with Gasteiger partial charge in [-0.3, -0.25) is 4.79 Å². The highest BCUT2D eigenvalue weighted by Gasteiger charge is 2.53. The molecule has 0 bridgehead atoms. The van der Waals surface area contributed by atoms with E-state index in [4.69, 9.17) is 27.9 Å². The quantitative estimate of drug-likeness (QED) is 0.186. The third-order valence-corrected chi connectivity index (χ3v) is 10.8. The van der Waals surface area contributed by atoms with Gasteiger partial charge in [0.2, 0.25) is 15.9 Å². The molecular weight excluding hydrogens is 615 g/mol. The molecule has 9 heteroatoms. The Morgan fingerprint density at radius 1 is 1.05 bits per heavy atom. The molecule has 0 aromatic heterocycles. The Bertz CT molecular complexity index is 1610. The van der Waals surface area contributed by atoms with Gasteiger partial charge in [-0.05, 0) is 84.7 Å². The van der Waals surface area contributed by atoms with Gasteiger partial charge in [0.05, 0.1) is 24.8 Å². The van der Waals surface area contributed by atoms with Gasteiger partial charge < -0.3 is 9.64 Å². The fraction of sp³-hybridized carbons (Fsp3) is 0.400. The lowest BCUT2D eigenvalue weighted by molar-refractivity contribution is -0.155. The SMILES string of the molecule is C=CC[C@@]1(C)C[C@H](c2cccc(Cl)c2)C(c2ccc(Cl)cc2)N(C(CN(Cc2cccc(OC)c2)S(C)(=O)=O)C2CC2)C1=O. The van der Waals surface area contributed by atoms with Gasteiger partial charge in [-0.25, -0.2) is 8.42 Å². The molecule has 44 heavy (non-hydrogen) atoms. The number of carbonyl (C=O) groups excluding carboxylic acids is 1. The van der Waals surface area contributed by atoms with Crippen LogP contribution < -0.4 is 4.74 Å². The first-order valence-electron chi connectivity index (χ1n) is 15.0. The van der Waals surface area contributed by atoms with Gasteiger partial charge in [0, 0.05) is 35.1 Å². The van der Waals surface area contributed by atoms with E-state index in [2.05, 4.69) is 12.6 Å². The summed E-state index contributed by atoms with van der Waals surface area (Å²) in [4.78, 5) is 16.8. The van der Waals surface area contributed by atoms with Crippen LogP contribution in [0.3, 0.4) is 0 Å². The lowest BCUT2D eigenvalue weighted by Gasteiger charge is -2.52. The molecule has 0 radical (unpaired) electrons. The number of benzene rings is 3. The topological polar surface area (TPSA) is 66.9 Å². The van der Waals surface area contributed by atoms with Crippen molar-refractivity contribution < 1.29 is 17.9 Å². The van der Waals surface area contributed by atoms with Gasteiger partial charge >= 0.3 is 0 Å². The molecule has 6 nitrogen and oxygen atoms in total. The summed E-state index contributed by atoms with van der Waals surface area (Å²) < 4.78 is 33.5. The van der Waals surface area contributed by atoms with Gasteiger partial charge in [-0.1, -0.05) is 72.6 Å². The molecule has 1 aliphatic heterocycles. The van der Waals surface area contributed by atoms with Crippen LogP contribution in [-0.4, -0.2) is 49.5 Å². The Morgan fingerprint density at radius 3 is 2.36 bits per heavy atom. The van der Waals surface area contributed by atoms with Crippen molar-refractivity contribution in [2.45, 2.75) is 57.2 Å². The number of amides is 1. The number of ether oxygens (including phenoxy) is 1. The van der Waals surface area contributed by atoms with Crippen LogP contribution in [0.2, 0.25) is 10.0 Å². The number of carbonyl (C=O) groups is 1. The summed E-state index contributed by atoms with van der Waals surface area (Å²) in [6.45, 7) is 6.35. The maximum Gasteiger partial charge on any atom is 0.229 e. The van der Waals surface area contributed by atoms with E-state index in [1.807, 2.05) is 84.6 Å². The minimum absolute atomic E-state index is 0.0161. The molecule has 4 atom stereocenters. The molecule has 2 fully saturated rings. The van der Waals surface area contributed by atoms with Crippen LogP contribution in [0.4, 0.5) is 0 Å². The summed E-state index contributed by atoms with van der Waals surface area (Å²) in [5.74, 6) is 0.758. The van der Waals surface area contributed by atoms with E-state index in [1.54, 1.807) is 7.11 Å². The molecule has 2 aliphatic rings. The van der Waals surface area contributed by atoms with E-state index in [9.17, 15) is 13.2 Å². The molecule has 1 saturated heterocycles. The standard InChI is InChI=1S/C35H40Cl2N2O4S/c1-5-18-35(2)21-31(27-9-7-10-29(37)20-27)33(26-14-16-28(36)17-15-26)39(34(35)40)32(25-12-13-25)23-38(44(4,41)42)22-24-8-6-11-30(19-24)43-3/h5-11,14-17,19-20,25,31-33H,1,12-13,18,21-23H2,2-4H3/t31-,32?,33?,35+/m1/s1. The molecule has 3 aromatic carbocycles. The van der Waals surface area contributed by atoms with E-state index in [0.29, 0.717) is 28.6 Å². The van der Waals surface area contributed by atoms with Gasteiger partial charge in [0.25, 0.3) is 0 Å². The van der Waals surface area contributed by atoms with Crippen molar-refractivity contribution >= 4 is 39.1 Å². The molecule has 2 unspecified atom stereocenters. The van der Waals surface area contributed by atoms with Crippen molar-refractivity contribution in [3.05, 3.63) is 112 Å². The minimum atomic E-state index is -3.63. The van der Waals surface area contributed by atoms with E-state index >= 15 is 0 Å². The second-order valence-electron chi connectivity index (χ2n) is 12.4. The number of piperidine rings is 1. The predicted octanol–water partition coefficient (Wildman–Crippen LogP) is 7.88. The zero-order valence-corrected chi connectivity index (χ0v) is 27.8. The van der Waals surface area contributed by atoms with Gasteiger partial charge in [0.1, 0.15) is 5.75 Å². The highest BCUT2D eigenvalue weighted by Crippen LogP contribution is 2.54. The summed E-state index contributed by atoms with van der Waals surface area (Å²) in [6.07, 6.45) is 6.01. The fourth-order valence-corrected chi connectivity index (χ4v) is 7.83. The van der Waals surface area contributed by atoms with Crippen LogP contribution in [-0.2, 0) is 21.4 Å². The van der Waals surface area contributed by atoms with Crippen LogP contribution in [0.5, 0.6) is 5.75 Å². The van der Waals surface area contributed by atoms with Gasteiger partial charge in [-0.15, -0.1) is 6.58 Å². The molecule has 1 heterocycles. The molecule has 3 aromatic rings. The second-order valence-corrected chi connectivity index (χ2v) is 15.3. The monoisotopic (exact) mass is 654 g/mol. The maximum atomic E-state index is 14.8. The third kappa shape index (κ3) is 7.17. The Balaban J connectivity index is 1.64. The van der Waals surface area contributed by atoms with Crippen molar-refractivity contribution in [2.24, 2.45) is 11.3 Å². The minimum Gasteiger partial charge on any atom is -0.497 e. The summed E-state index contributed by atoms with van der Waals surface area (Å²) in [5.41, 5.74) is 2.08. The lowest BCUT2D eigenvalue weighted by Crippen LogP contribution is -2.58. The normalized spacial score (nSPS) is 23.0. The van der Waals surface area contributed by atoms with Gasteiger partial charge in [0.15, 0.2) is 0 Å². The number of hydrogen-bond acceptors (Lipinski definition) is 4. The summed E-state index contributed by atoms with van der Waals surface area (Å²) in [5, 5.41) is 1.24. The van der Waals surface area contributed by atoms with Crippen molar-refractivity contribution in [3.8, 4) is 5.75 Å². The zero-order valence-electron chi connectivity index (χ0n) is 25.5. The van der Waals surface area contributed by atoms with Gasteiger partial charge in [-0.2, -0.15) is 4.31 Å². The molecule has 0 spiro atoms. The lowest BCUT2D eigenvalue weighted by atomic mass is 9.67. The maximum absolute atomic E-state index is 14.8. The van der Waals surface area contributed by atoms with Crippen LogP contribution in [0, 0.1) is 11.3 Å². The number of sulfonamides is 1. The Labute approximate surface area is 271 Å². The van der Waals surface area contributed by atoms with Crippen molar-refractivity contribution in [3.63, 3.8) is 0 Å². The first-order chi connectivity index (χ1) is 20.9. The van der Waals surface area contributed by atoms with E-state index in [1.165, 1.54) is 10.6 Å². The Kier molecular flexibility index (Phi) is 9.81. The molecular formula is C35H40Cl2N2O4S. The number of rotatable bonds is 12. The largest absolute Gasteiger partial charge is 0.497 e. The first-order valence-corrected chi connectivity index (χ1v) is 17.6. The average Bonchev–Trinajstić information content (AvgIpc) is 3.83. The molecule has 5 rings (SSSR count). The molecule has 234 valence electrons. The zero-order chi connectivity index (χ0) is 31.6. The van der Waals surface area contributed by atoms with Crippen LogP contribution in [0.15, 0.2) is 85.5 Å². The van der Waals surface area contributed by atoms with E-state index < -0.39 is 15.4 Å². The summed E-state index contributed by atoms with van der Waals surface area (Å²) in [7, 11) is -2.04. The summed E-state index contributed by atoms with van der Waals surface area (Å²) in [6, 6.07) is 22.3. The second kappa shape index (κ2) is 13.3. The van der Waals surface area contributed by atoms with Crippen molar-refractivity contribution in [1.29, 1.82) is 0 Å². The first kappa shape index (κ1) is 32.6. The predicted molar refractivity (Wildman–Crippen MR) is 178 cm³/mol. The summed E-state index contributed by atoms with van der Waals surface area (Å²) >= 11 is 12.8. The number of likely N-dealkylation sites (tertiary alicyclic amines) is 1. The number of nitrogens with zero attached hydrogens (tertiary/aromatic N) is 2. The molecule has 1 saturated carbocycles. The van der Waals surface area contributed by atoms with Crippen molar-refractivity contribution in [1.82, 2.24) is 9.21 Å². The third-order valence-electron chi connectivity index (χ3n) is 9.06. The number of halogens is 2. The Morgan fingerprint density at radius 2 is 1.75 bits per heavy atom. The van der Waals surface area contributed by atoms with Crippen LogP contribution >= 0.6 is 23.2 Å².